The second-order valence-electron chi connectivity index (χ2n) is 5.05. The Balaban J connectivity index is 2.49. The van der Waals surface area contributed by atoms with Gasteiger partial charge >= 0.3 is 6.18 Å². The minimum Gasteiger partial charge on any atom is -0.394 e. The summed E-state index contributed by atoms with van der Waals surface area (Å²) in [7, 11) is 0. The fourth-order valence-corrected chi connectivity index (χ4v) is 2.31. The molecule has 1 aliphatic carbocycles. The lowest BCUT2D eigenvalue weighted by atomic mass is 9.98. The van der Waals surface area contributed by atoms with Crippen molar-refractivity contribution in [3.8, 4) is 0 Å². The van der Waals surface area contributed by atoms with Gasteiger partial charge in [0.2, 0.25) is 0 Å². The molecule has 0 aromatic carbocycles. The van der Waals surface area contributed by atoms with E-state index in [2.05, 4.69) is 5.32 Å². The normalized spacial score (nSPS) is 30.7. The van der Waals surface area contributed by atoms with Crippen LogP contribution < -0.4 is 5.32 Å². The maximum absolute atomic E-state index is 12.4. The third-order valence-electron chi connectivity index (χ3n) is 3.47. The average Bonchev–Trinajstić information content (AvgIpc) is 2.69. The topological polar surface area (TPSA) is 41.5 Å². The highest BCUT2D eigenvalue weighted by Crippen LogP contribution is 2.34. The summed E-state index contributed by atoms with van der Waals surface area (Å²) in [5, 5.41) is 12.6. The Morgan fingerprint density at radius 3 is 2.67 bits per heavy atom. The van der Waals surface area contributed by atoms with Crippen LogP contribution in [0.2, 0.25) is 0 Å². The molecule has 0 spiro atoms. The average molecular weight is 269 g/mol. The molecule has 0 heterocycles. The SMILES string of the molecule is CCCNC1(CO)CCC(OC(C)C(F)(F)F)C1. The van der Waals surface area contributed by atoms with Gasteiger partial charge in [-0.3, -0.25) is 0 Å². The standard InChI is InChI=1S/C12H22F3NO2/c1-3-6-16-11(8-17)5-4-10(7-11)18-9(2)12(13,14)15/h9-10,16-17H,3-8H2,1-2H3. The second kappa shape index (κ2) is 6.21. The summed E-state index contributed by atoms with van der Waals surface area (Å²) >= 11 is 0. The van der Waals surface area contributed by atoms with Gasteiger partial charge in [0.15, 0.2) is 6.10 Å². The maximum Gasteiger partial charge on any atom is 0.414 e. The smallest absolute Gasteiger partial charge is 0.394 e. The van der Waals surface area contributed by atoms with Crippen LogP contribution in [-0.4, -0.2) is 42.2 Å². The first kappa shape index (κ1) is 15.7. The van der Waals surface area contributed by atoms with Gasteiger partial charge in [-0.05, 0) is 39.2 Å². The lowest BCUT2D eigenvalue weighted by Crippen LogP contribution is -2.47. The van der Waals surface area contributed by atoms with Crippen molar-refractivity contribution in [2.24, 2.45) is 0 Å². The molecule has 0 amide bonds. The molecular formula is C12H22F3NO2. The van der Waals surface area contributed by atoms with Crippen molar-refractivity contribution in [2.75, 3.05) is 13.2 Å². The van der Waals surface area contributed by atoms with E-state index >= 15 is 0 Å². The summed E-state index contributed by atoms with van der Waals surface area (Å²) in [6.07, 6.45) is -3.94. The molecule has 18 heavy (non-hydrogen) atoms. The molecule has 3 nitrogen and oxygen atoms in total. The molecule has 3 atom stereocenters. The molecule has 1 rings (SSSR count). The molecule has 0 aromatic rings. The highest BCUT2D eigenvalue weighted by Gasteiger charge is 2.43. The van der Waals surface area contributed by atoms with Gasteiger partial charge in [0.1, 0.15) is 0 Å². The molecule has 1 aliphatic rings. The van der Waals surface area contributed by atoms with Crippen LogP contribution in [0.3, 0.4) is 0 Å². The minimum absolute atomic E-state index is 0.0622. The number of alkyl halides is 3. The van der Waals surface area contributed by atoms with Crippen LogP contribution in [-0.2, 0) is 4.74 Å². The Kier molecular flexibility index (Phi) is 5.43. The number of aliphatic hydroxyl groups is 1. The van der Waals surface area contributed by atoms with Crippen molar-refractivity contribution in [1.29, 1.82) is 0 Å². The highest BCUT2D eigenvalue weighted by atomic mass is 19.4. The largest absolute Gasteiger partial charge is 0.414 e. The van der Waals surface area contributed by atoms with Crippen molar-refractivity contribution in [1.82, 2.24) is 5.32 Å². The molecule has 2 N–H and O–H groups in total. The Bertz CT molecular complexity index is 260. The van der Waals surface area contributed by atoms with Gasteiger partial charge in [-0.25, -0.2) is 0 Å². The molecule has 0 bridgehead atoms. The van der Waals surface area contributed by atoms with Crippen LogP contribution in [0.5, 0.6) is 0 Å². The summed E-state index contributed by atoms with van der Waals surface area (Å²) in [6.45, 7) is 3.72. The van der Waals surface area contributed by atoms with E-state index < -0.39 is 23.9 Å². The number of ether oxygens (including phenoxy) is 1. The van der Waals surface area contributed by atoms with E-state index in [0.29, 0.717) is 19.3 Å². The quantitative estimate of drug-likeness (QED) is 0.777. The molecule has 1 fully saturated rings. The first-order valence-corrected chi connectivity index (χ1v) is 6.41. The van der Waals surface area contributed by atoms with Crippen molar-refractivity contribution < 1.29 is 23.0 Å². The van der Waals surface area contributed by atoms with E-state index in [9.17, 15) is 18.3 Å². The zero-order valence-corrected chi connectivity index (χ0v) is 10.9. The number of hydrogen-bond donors (Lipinski definition) is 2. The van der Waals surface area contributed by atoms with E-state index in [-0.39, 0.29) is 6.61 Å². The van der Waals surface area contributed by atoms with Crippen LogP contribution >= 0.6 is 0 Å². The van der Waals surface area contributed by atoms with Crippen LogP contribution in [0.1, 0.15) is 39.5 Å². The van der Waals surface area contributed by atoms with E-state index in [1.165, 1.54) is 0 Å². The van der Waals surface area contributed by atoms with Gasteiger partial charge in [-0.1, -0.05) is 6.92 Å². The number of hydrogen-bond acceptors (Lipinski definition) is 3. The van der Waals surface area contributed by atoms with E-state index in [1.807, 2.05) is 6.92 Å². The fraction of sp³-hybridized carbons (Fsp3) is 1.00. The van der Waals surface area contributed by atoms with Crippen LogP contribution in [0.15, 0.2) is 0 Å². The van der Waals surface area contributed by atoms with Gasteiger partial charge < -0.3 is 15.2 Å². The Hall–Kier alpha value is -0.330. The van der Waals surface area contributed by atoms with Gasteiger partial charge in [-0.15, -0.1) is 0 Å². The van der Waals surface area contributed by atoms with Crippen molar-refractivity contribution in [2.45, 2.75) is 63.5 Å². The van der Waals surface area contributed by atoms with Gasteiger partial charge in [-0.2, -0.15) is 13.2 Å². The number of nitrogens with one attached hydrogen (secondary N) is 1. The highest BCUT2D eigenvalue weighted by molar-refractivity contribution is 4.97. The molecule has 0 radical (unpaired) electrons. The molecule has 6 heteroatoms. The Morgan fingerprint density at radius 2 is 2.17 bits per heavy atom. The van der Waals surface area contributed by atoms with E-state index in [0.717, 1.165) is 19.9 Å². The zero-order chi connectivity index (χ0) is 13.8. The summed E-state index contributed by atoms with van der Waals surface area (Å²) < 4.78 is 42.2. The second-order valence-corrected chi connectivity index (χ2v) is 5.05. The predicted octanol–water partition coefficient (Wildman–Crippen LogP) is 2.24. The van der Waals surface area contributed by atoms with Gasteiger partial charge in [0.05, 0.1) is 12.7 Å². The third kappa shape index (κ3) is 4.10. The first-order chi connectivity index (χ1) is 8.33. The maximum atomic E-state index is 12.4. The monoisotopic (exact) mass is 269 g/mol. The summed E-state index contributed by atoms with van der Waals surface area (Å²) in [5.41, 5.74) is -0.466. The number of rotatable bonds is 6. The van der Waals surface area contributed by atoms with E-state index in [1.54, 1.807) is 0 Å². The van der Waals surface area contributed by atoms with Gasteiger partial charge in [0.25, 0.3) is 0 Å². The summed E-state index contributed by atoms with van der Waals surface area (Å²) in [5.74, 6) is 0. The van der Waals surface area contributed by atoms with Gasteiger partial charge in [0, 0.05) is 5.54 Å². The van der Waals surface area contributed by atoms with Crippen molar-refractivity contribution in [3.05, 3.63) is 0 Å². The lowest BCUT2D eigenvalue weighted by molar-refractivity contribution is -0.226. The summed E-state index contributed by atoms with van der Waals surface area (Å²) in [6, 6.07) is 0. The van der Waals surface area contributed by atoms with Crippen molar-refractivity contribution >= 4 is 0 Å². The lowest BCUT2D eigenvalue weighted by Gasteiger charge is -2.29. The van der Waals surface area contributed by atoms with Crippen LogP contribution in [0.25, 0.3) is 0 Å². The molecule has 108 valence electrons. The first-order valence-electron chi connectivity index (χ1n) is 6.41. The van der Waals surface area contributed by atoms with Crippen molar-refractivity contribution in [3.63, 3.8) is 0 Å². The number of aliphatic hydroxyl groups excluding tert-OH is 1. The Morgan fingerprint density at radius 1 is 1.50 bits per heavy atom. The predicted molar refractivity (Wildman–Crippen MR) is 62.4 cm³/mol. The fourth-order valence-electron chi connectivity index (χ4n) is 2.31. The molecule has 0 aliphatic heterocycles. The molecule has 0 aromatic heterocycles. The zero-order valence-electron chi connectivity index (χ0n) is 10.9. The van der Waals surface area contributed by atoms with Crippen LogP contribution in [0, 0.1) is 0 Å². The number of halogens is 3. The van der Waals surface area contributed by atoms with E-state index in [4.69, 9.17) is 4.74 Å². The molecule has 3 unspecified atom stereocenters. The minimum atomic E-state index is -4.32. The van der Waals surface area contributed by atoms with Crippen LogP contribution in [0.4, 0.5) is 13.2 Å². The molecule has 0 saturated heterocycles. The summed E-state index contributed by atoms with van der Waals surface area (Å²) in [4.78, 5) is 0. The molecule has 1 saturated carbocycles. The Labute approximate surface area is 106 Å². The third-order valence-corrected chi connectivity index (χ3v) is 3.47. The molecular weight excluding hydrogens is 247 g/mol.